The number of hydrogen-bond acceptors (Lipinski definition) is 2. The molecule has 0 heterocycles. The summed E-state index contributed by atoms with van der Waals surface area (Å²) in [5.74, 6) is -0.0879. The molecule has 0 aromatic carbocycles. The van der Waals surface area contributed by atoms with Crippen LogP contribution < -0.4 is 0 Å². The Balaban J connectivity index is 3.11. The number of unbranched alkanes of at least 4 members (excludes halogenated alkanes) is 5. The molecular formula is C14H26O2. The van der Waals surface area contributed by atoms with Gasteiger partial charge in [-0.15, -0.1) is 0 Å². The van der Waals surface area contributed by atoms with Crippen molar-refractivity contribution in [1.29, 1.82) is 0 Å². The van der Waals surface area contributed by atoms with Crippen molar-refractivity contribution in [2.75, 3.05) is 6.61 Å². The van der Waals surface area contributed by atoms with Gasteiger partial charge in [-0.05, 0) is 32.1 Å². The predicted octanol–water partition coefficient (Wildman–Crippen LogP) is 4.25. The van der Waals surface area contributed by atoms with E-state index in [1.807, 2.05) is 6.92 Å². The molecule has 0 atom stereocenters. The van der Waals surface area contributed by atoms with Gasteiger partial charge in [0.05, 0.1) is 6.61 Å². The van der Waals surface area contributed by atoms with Crippen LogP contribution in [0.25, 0.3) is 0 Å². The molecule has 0 rings (SSSR count). The second kappa shape index (κ2) is 12.3. The Labute approximate surface area is 100 Å². The van der Waals surface area contributed by atoms with E-state index in [1.54, 1.807) is 0 Å². The summed E-state index contributed by atoms with van der Waals surface area (Å²) in [7, 11) is 0. The van der Waals surface area contributed by atoms with Crippen molar-refractivity contribution in [2.45, 2.75) is 65.2 Å². The lowest BCUT2D eigenvalue weighted by molar-refractivity contribution is -0.143. The second-order valence-corrected chi connectivity index (χ2v) is 4.04. The molecule has 0 aliphatic rings. The van der Waals surface area contributed by atoms with Crippen molar-refractivity contribution >= 4 is 5.97 Å². The normalized spacial score (nSPS) is 10.9. The number of rotatable bonds is 10. The molecule has 0 bridgehead atoms. The third kappa shape index (κ3) is 11.3. The molecule has 0 unspecified atom stereocenters. The van der Waals surface area contributed by atoms with Crippen LogP contribution in [-0.2, 0) is 9.53 Å². The minimum absolute atomic E-state index is 0.0879. The molecule has 0 saturated heterocycles. The van der Waals surface area contributed by atoms with Crippen LogP contribution in [0.3, 0.4) is 0 Å². The molecule has 0 aliphatic carbocycles. The monoisotopic (exact) mass is 226 g/mol. The maximum atomic E-state index is 10.8. The Kier molecular flexibility index (Phi) is 11.7. The molecule has 94 valence electrons. The van der Waals surface area contributed by atoms with Gasteiger partial charge in [0.2, 0.25) is 0 Å². The highest BCUT2D eigenvalue weighted by atomic mass is 16.5. The van der Waals surface area contributed by atoms with Gasteiger partial charge < -0.3 is 4.74 Å². The van der Waals surface area contributed by atoms with Crippen LogP contribution in [0, 0.1) is 0 Å². The van der Waals surface area contributed by atoms with Gasteiger partial charge in [-0.2, -0.15) is 0 Å². The first-order valence-electron chi connectivity index (χ1n) is 6.61. The van der Waals surface area contributed by atoms with Crippen LogP contribution in [0.2, 0.25) is 0 Å². The lowest BCUT2D eigenvalue weighted by Gasteiger charge is -2.01. The minimum Gasteiger partial charge on any atom is -0.466 e. The van der Waals surface area contributed by atoms with E-state index in [9.17, 15) is 4.79 Å². The van der Waals surface area contributed by atoms with E-state index in [0.29, 0.717) is 13.0 Å². The summed E-state index contributed by atoms with van der Waals surface area (Å²) in [5, 5.41) is 0. The van der Waals surface area contributed by atoms with E-state index in [2.05, 4.69) is 19.1 Å². The zero-order valence-corrected chi connectivity index (χ0v) is 10.8. The SMILES string of the molecule is CCCCC/C=C/CCCCOC(=O)CC. The first kappa shape index (κ1) is 15.2. The zero-order valence-electron chi connectivity index (χ0n) is 10.8. The summed E-state index contributed by atoms with van der Waals surface area (Å²) >= 11 is 0. The molecule has 0 fully saturated rings. The summed E-state index contributed by atoms with van der Waals surface area (Å²) in [5.41, 5.74) is 0. The average molecular weight is 226 g/mol. The fraction of sp³-hybridized carbons (Fsp3) is 0.786. The number of hydrogen-bond donors (Lipinski definition) is 0. The van der Waals surface area contributed by atoms with E-state index in [-0.39, 0.29) is 5.97 Å². The van der Waals surface area contributed by atoms with Crippen molar-refractivity contribution in [3.8, 4) is 0 Å². The van der Waals surface area contributed by atoms with E-state index in [4.69, 9.17) is 4.74 Å². The lowest BCUT2D eigenvalue weighted by atomic mass is 10.2. The van der Waals surface area contributed by atoms with Gasteiger partial charge in [-0.3, -0.25) is 4.79 Å². The van der Waals surface area contributed by atoms with Crippen LogP contribution in [-0.4, -0.2) is 12.6 Å². The molecule has 2 heteroatoms. The third-order valence-electron chi connectivity index (χ3n) is 2.46. The number of allylic oxidation sites excluding steroid dienone is 2. The maximum Gasteiger partial charge on any atom is 0.305 e. The summed E-state index contributed by atoms with van der Waals surface area (Å²) in [4.78, 5) is 10.8. The van der Waals surface area contributed by atoms with Crippen molar-refractivity contribution in [2.24, 2.45) is 0 Å². The fourth-order valence-corrected chi connectivity index (χ4v) is 1.40. The molecule has 0 radical (unpaired) electrons. The molecule has 0 aromatic heterocycles. The van der Waals surface area contributed by atoms with Gasteiger partial charge in [0, 0.05) is 6.42 Å². The van der Waals surface area contributed by atoms with Crippen molar-refractivity contribution in [3.63, 3.8) is 0 Å². The topological polar surface area (TPSA) is 26.3 Å². The molecule has 0 aliphatic heterocycles. The smallest absolute Gasteiger partial charge is 0.305 e. The molecule has 0 spiro atoms. The Morgan fingerprint density at radius 1 is 1.00 bits per heavy atom. The van der Waals surface area contributed by atoms with Gasteiger partial charge in [0.15, 0.2) is 0 Å². The largest absolute Gasteiger partial charge is 0.466 e. The number of ether oxygens (including phenoxy) is 1. The number of carbonyl (C=O) groups is 1. The second-order valence-electron chi connectivity index (χ2n) is 4.04. The van der Waals surface area contributed by atoms with Gasteiger partial charge in [0.25, 0.3) is 0 Å². The quantitative estimate of drug-likeness (QED) is 0.316. The van der Waals surface area contributed by atoms with Crippen LogP contribution in [0.4, 0.5) is 0 Å². The van der Waals surface area contributed by atoms with Crippen LogP contribution in [0.15, 0.2) is 12.2 Å². The first-order valence-corrected chi connectivity index (χ1v) is 6.61. The fourth-order valence-electron chi connectivity index (χ4n) is 1.40. The van der Waals surface area contributed by atoms with E-state index in [1.165, 1.54) is 25.7 Å². The first-order chi connectivity index (χ1) is 7.81. The number of carbonyl (C=O) groups excluding carboxylic acids is 1. The predicted molar refractivity (Wildman–Crippen MR) is 68.4 cm³/mol. The highest BCUT2D eigenvalue weighted by Gasteiger charge is 1.96. The maximum absolute atomic E-state index is 10.8. The van der Waals surface area contributed by atoms with Gasteiger partial charge in [0.1, 0.15) is 0 Å². The van der Waals surface area contributed by atoms with Gasteiger partial charge in [-0.25, -0.2) is 0 Å². The van der Waals surface area contributed by atoms with Gasteiger partial charge >= 0.3 is 5.97 Å². The standard InChI is InChI=1S/C14H26O2/c1-3-5-6-7-8-9-10-11-12-13-16-14(15)4-2/h8-9H,3-7,10-13H2,1-2H3/b9-8+. The highest BCUT2D eigenvalue weighted by Crippen LogP contribution is 2.02. The Bertz CT molecular complexity index is 185. The minimum atomic E-state index is -0.0879. The van der Waals surface area contributed by atoms with E-state index >= 15 is 0 Å². The molecule has 16 heavy (non-hydrogen) atoms. The lowest BCUT2D eigenvalue weighted by Crippen LogP contribution is -2.03. The van der Waals surface area contributed by atoms with Crippen molar-refractivity contribution < 1.29 is 9.53 Å². The molecule has 0 N–H and O–H groups in total. The Morgan fingerprint density at radius 2 is 1.62 bits per heavy atom. The van der Waals surface area contributed by atoms with E-state index in [0.717, 1.165) is 19.3 Å². The highest BCUT2D eigenvalue weighted by molar-refractivity contribution is 5.68. The molecular weight excluding hydrogens is 200 g/mol. The zero-order chi connectivity index (χ0) is 12.1. The van der Waals surface area contributed by atoms with Crippen molar-refractivity contribution in [3.05, 3.63) is 12.2 Å². The number of esters is 1. The average Bonchev–Trinajstić information content (AvgIpc) is 2.31. The Hall–Kier alpha value is -0.790. The molecule has 0 amide bonds. The van der Waals surface area contributed by atoms with Crippen LogP contribution >= 0.6 is 0 Å². The Morgan fingerprint density at radius 3 is 2.19 bits per heavy atom. The summed E-state index contributed by atoms with van der Waals surface area (Å²) in [6, 6.07) is 0. The van der Waals surface area contributed by atoms with Gasteiger partial charge in [-0.1, -0.05) is 38.8 Å². The molecule has 2 nitrogen and oxygen atoms in total. The summed E-state index contributed by atoms with van der Waals surface area (Å²) in [6.45, 7) is 4.62. The van der Waals surface area contributed by atoms with E-state index < -0.39 is 0 Å². The van der Waals surface area contributed by atoms with Crippen LogP contribution in [0.1, 0.15) is 65.2 Å². The molecule has 0 saturated carbocycles. The summed E-state index contributed by atoms with van der Waals surface area (Å²) < 4.78 is 4.99. The molecule has 0 aromatic rings. The van der Waals surface area contributed by atoms with Crippen LogP contribution in [0.5, 0.6) is 0 Å². The summed E-state index contributed by atoms with van der Waals surface area (Å²) in [6.07, 6.45) is 13.3. The third-order valence-corrected chi connectivity index (χ3v) is 2.46. The van der Waals surface area contributed by atoms with Crippen molar-refractivity contribution in [1.82, 2.24) is 0 Å².